The number of hydrogen-bond donors (Lipinski definition) is 2. The van der Waals surface area contributed by atoms with Gasteiger partial charge in [-0.2, -0.15) is 0 Å². The molecule has 1 atom stereocenters. The van der Waals surface area contributed by atoms with E-state index in [1.165, 1.54) is 5.56 Å². The summed E-state index contributed by atoms with van der Waals surface area (Å²) < 4.78 is 5.65. The molecular formula is C16H24N2O2. The van der Waals surface area contributed by atoms with Crippen LogP contribution in [0.2, 0.25) is 0 Å². The third-order valence-corrected chi connectivity index (χ3v) is 3.45. The van der Waals surface area contributed by atoms with Crippen molar-refractivity contribution in [2.45, 2.75) is 38.6 Å². The van der Waals surface area contributed by atoms with Crippen LogP contribution in [0.25, 0.3) is 0 Å². The highest BCUT2D eigenvalue weighted by atomic mass is 16.5. The van der Waals surface area contributed by atoms with Crippen LogP contribution in [0.15, 0.2) is 24.3 Å². The van der Waals surface area contributed by atoms with E-state index in [0.717, 1.165) is 31.9 Å². The quantitative estimate of drug-likeness (QED) is 0.782. The summed E-state index contributed by atoms with van der Waals surface area (Å²) >= 11 is 0. The Morgan fingerprint density at radius 3 is 3.00 bits per heavy atom. The zero-order valence-corrected chi connectivity index (χ0v) is 12.3. The van der Waals surface area contributed by atoms with E-state index in [4.69, 9.17) is 4.74 Å². The van der Waals surface area contributed by atoms with E-state index in [1.54, 1.807) is 0 Å². The summed E-state index contributed by atoms with van der Waals surface area (Å²) in [5.41, 5.74) is 1.28. The lowest BCUT2D eigenvalue weighted by atomic mass is 9.93. The summed E-state index contributed by atoms with van der Waals surface area (Å²) in [6, 6.07) is 8.43. The molecule has 0 saturated heterocycles. The normalized spacial score (nSPS) is 17.4. The molecule has 0 saturated carbocycles. The Morgan fingerprint density at radius 1 is 1.40 bits per heavy atom. The zero-order chi connectivity index (χ0) is 14.4. The molecule has 0 aliphatic carbocycles. The highest BCUT2D eigenvalue weighted by molar-refractivity contribution is 5.76. The van der Waals surface area contributed by atoms with Crippen molar-refractivity contribution in [3.8, 4) is 5.75 Å². The third kappa shape index (κ3) is 4.23. The second-order valence-corrected chi connectivity index (χ2v) is 5.55. The molecule has 1 aromatic carbocycles. The minimum atomic E-state index is 0.111. The summed E-state index contributed by atoms with van der Waals surface area (Å²) in [5.74, 6) is 1.59. The lowest BCUT2D eigenvalue weighted by molar-refractivity contribution is -0.121. The molecule has 1 unspecified atom stereocenters. The summed E-state index contributed by atoms with van der Waals surface area (Å²) in [4.78, 5) is 11.5. The van der Waals surface area contributed by atoms with Crippen molar-refractivity contribution in [1.82, 2.24) is 10.6 Å². The van der Waals surface area contributed by atoms with Crippen molar-refractivity contribution in [2.24, 2.45) is 0 Å². The molecule has 4 nitrogen and oxygen atoms in total. The average Bonchev–Trinajstić information content (AvgIpc) is 2.43. The molecule has 0 bridgehead atoms. The van der Waals surface area contributed by atoms with Crippen LogP contribution in [0, 0.1) is 0 Å². The Labute approximate surface area is 120 Å². The lowest BCUT2D eigenvalue weighted by Gasteiger charge is -2.26. The summed E-state index contributed by atoms with van der Waals surface area (Å²) in [6.07, 6.45) is 1.56. The molecule has 20 heavy (non-hydrogen) atoms. The molecule has 1 heterocycles. The molecule has 1 aromatic rings. The van der Waals surface area contributed by atoms with Gasteiger partial charge in [-0.15, -0.1) is 0 Å². The maximum atomic E-state index is 11.5. The predicted molar refractivity (Wildman–Crippen MR) is 80.1 cm³/mol. The van der Waals surface area contributed by atoms with E-state index in [0.29, 0.717) is 12.3 Å². The van der Waals surface area contributed by atoms with Crippen LogP contribution in [-0.4, -0.2) is 31.6 Å². The number of carbonyl (C=O) groups excluding carboxylic acids is 1. The largest absolute Gasteiger partial charge is 0.493 e. The fourth-order valence-corrected chi connectivity index (χ4v) is 2.50. The first-order valence-electron chi connectivity index (χ1n) is 7.38. The van der Waals surface area contributed by atoms with E-state index in [9.17, 15) is 4.79 Å². The molecule has 0 fully saturated rings. The number of para-hydroxylation sites is 1. The highest BCUT2D eigenvalue weighted by Crippen LogP contribution is 2.32. The Balaban J connectivity index is 1.74. The van der Waals surface area contributed by atoms with Crippen molar-refractivity contribution in [2.75, 3.05) is 19.7 Å². The van der Waals surface area contributed by atoms with Gasteiger partial charge in [0.05, 0.1) is 6.61 Å². The Bertz CT molecular complexity index is 446. The smallest absolute Gasteiger partial charge is 0.221 e. The van der Waals surface area contributed by atoms with Gasteiger partial charge in [0, 0.05) is 31.5 Å². The summed E-state index contributed by atoms with van der Waals surface area (Å²) in [6.45, 7) is 6.35. The third-order valence-electron chi connectivity index (χ3n) is 3.45. The van der Waals surface area contributed by atoms with Gasteiger partial charge >= 0.3 is 0 Å². The molecule has 1 aliphatic rings. The molecule has 2 rings (SSSR count). The standard InChI is InChI=1S/C16H24N2O2/c1-12(2)18-16(19)7-9-17-11-13-8-10-20-15-6-4-3-5-14(13)15/h3-6,12-13,17H,7-11H2,1-2H3,(H,18,19). The maximum Gasteiger partial charge on any atom is 0.221 e. The Morgan fingerprint density at radius 2 is 2.20 bits per heavy atom. The van der Waals surface area contributed by atoms with Crippen LogP contribution in [0.3, 0.4) is 0 Å². The molecule has 1 aliphatic heterocycles. The molecular weight excluding hydrogens is 252 g/mol. The van der Waals surface area contributed by atoms with Crippen LogP contribution < -0.4 is 15.4 Å². The van der Waals surface area contributed by atoms with Gasteiger partial charge in [0.2, 0.25) is 5.91 Å². The van der Waals surface area contributed by atoms with E-state index in [1.807, 2.05) is 26.0 Å². The summed E-state index contributed by atoms with van der Waals surface area (Å²) in [7, 11) is 0. The topological polar surface area (TPSA) is 50.4 Å². The molecule has 0 radical (unpaired) electrons. The maximum absolute atomic E-state index is 11.5. The van der Waals surface area contributed by atoms with Gasteiger partial charge in [0.25, 0.3) is 0 Å². The number of rotatable bonds is 6. The van der Waals surface area contributed by atoms with E-state index in [2.05, 4.69) is 22.8 Å². The first-order valence-corrected chi connectivity index (χ1v) is 7.38. The summed E-state index contributed by atoms with van der Waals surface area (Å²) in [5, 5.41) is 6.28. The van der Waals surface area contributed by atoms with Gasteiger partial charge in [-0.25, -0.2) is 0 Å². The first-order chi connectivity index (χ1) is 9.66. The van der Waals surface area contributed by atoms with E-state index < -0.39 is 0 Å². The number of benzene rings is 1. The lowest BCUT2D eigenvalue weighted by Crippen LogP contribution is -2.33. The van der Waals surface area contributed by atoms with Gasteiger partial charge in [-0.1, -0.05) is 18.2 Å². The second-order valence-electron chi connectivity index (χ2n) is 5.55. The minimum Gasteiger partial charge on any atom is -0.493 e. The van der Waals surface area contributed by atoms with Gasteiger partial charge in [0.15, 0.2) is 0 Å². The fourth-order valence-electron chi connectivity index (χ4n) is 2.50. The number of nitrogens with one attached hydrogen (secondary N) is 2. The average molecular weight is 276 g/mol. The first kappa shape index (κ1) is 14.9. The van der Waals surface area contributed by atoms with Crippen molar-refractivity contribution in [3.05, 3.63) is 29.8 Å². The van der Waals surface area contributed by atoms with Crippen LogP contribution in [0.5, 0.6) is 5.75 Å². The van der Waals surface area contributed by atoms with E-state index in [-0.39, 0.29) is 11.9 Å². The number of amides is 1. The SMILES string of the molecule is CC(C)NC(=O)CCNCC1CCOc2ccccc21. The monoisotopic (exact) mass is 276 g/mol. The van der Waals surface area contributed by atoms with Gasteiger partial charge in [-0.05, 0) is 31.9 Å². The predicted octanol–water partition coefficient (Wildman–Crippen LogP) is 2.06. The Hall–Kier alpha value is -1.55. The van der Waals surface area contributed by atoms with Crippen molar-refractivity contribution in [3.63, 3.8) is 0 Å². The number of ether oxygens (including phenoxy) is 1. The molecule has 0 spiro atoms. The van der Waals surface area contributed by atoms with Crippen LogP contribution >= 0.6 is 0 Å². The van der Waals surface area contributed by atoms with E-state index >= 15 is 0 Å². The molecule has 4 heteroatoms. The molecule has 1 amide bonds. The number of carbonyl (C=O) groups is 1. The van der Waals surface area contributed by atoms with Crippen LogP contribution in [-0.2, 0) is 4.79 Å². The molecule has 2 N–H and O–H groups in total. The Kier molecular flexibility index (Phi) is 5.41. The van der Waals surface area contributed by atoms with Gasteiger partial charge in [-0.3, -0.25) is 4.79 Å². The second kappa shape index (κ2) is 7.29. The molecule has 0 aromatic heterocycles. The van der Waals surface area contributed by atoms with Gasteiger partial charge in [0.1, 0.15) is 5.75 Å². The zero-order valence-electron chi connectivity index (χ0n) is 12.3. The van der Waals surface area contributed by atoms with Crippen molar-refractivity contribution in [1.29, 1.82) is 0 Å². The van der Waals surface area contributed by atoms with Crippen molar-refractivity contribution < 1.29 is 9.53 Å². The van der Waals surface area contributed by atoms with Gasteiger partial charge < -0.3 is 15.4 Å². The van der Waals surface area contributed by atoms with Crippen molar-refractivity contribution >= 4 is 5.91 Å². The van der Waals surface area contributed by atoms with Crippen LogP contribution in [0.4, 0.5) is 0 Å². The van der Waals surface area contributed by atoms with Crippen LogP contribution in [0.1, 0.15) is 38.2 Å². The fraction of sp³-hybridized carbons (Fsp3) is 0.562. The highest BCUT2D eigenvalue weighted by Gasteiger charge is 2.20. The minimum absolute atomic E-state index is 0.111. The number of hydrogen-bond acceptors (Lipinski definition) is 3. The molecule has 110 valence electrons. The number of fused-ring (bicyclic) bond motifs is 1.